The lowest BCUT2D eigenvalue weighted by atomic mass is 10.0. The Hall–Kier alpha value is -1.62. The average Bonchev–Trinajstić information content (AvgIpc) is 2.38. The highest BCUT2D eigenvalue weighted by molar-refractivity contribution is 7.80. The minimum absolute atomic E-state index is 0.0637. The summed E-state index contributed by atoms with van der Waals surface area (Å²) >= 11 is 4.99. The summed E-state index contributed by atoms with van der Waals surface area (Å²) in [4.78, 5) is 10.2. The molecule has 0 bridgehead atoms. The molecule has 0 fully saturated rings. The Morgan fingerprint density at radius 2 is 2.11 bits per heavy atom. The number of benzene rings is 1. The largest absolute Gasteiger partial charge is 0.497 e. The Labute approximate surface area is 112 Å². The number of carbonyl (C=O) groups is 1. The van der Waals surface area contributed by atoms with Gasteiger partial charge in [-0.15, -0.1) is 0 Å². The maximum atomic E-state index is 10.2. The fraction of sp³-hybridized carbons (Fsp3) is 0.385. The Bertz CT molecular complexity index is 431. The summed E-state index contributed by atoms with van der Waals surface area (Å²) in [6, 6.07) is 5.55. The molecule has 5 heteroatoms. The quantitative estimate of drug-likeness (QED) is 0.585. The van der Waals surface area contributed by atoms with E-state index in [4.69, 9.17) is 21.7 Å². The molecule has 0 amide bonds. The second-order valence-electron chi connectivity index (χ2n) is 3.82. The summed E-state index contributed by atoms with van der Waals surface area (Å²) in [6.07, 6.45) is 0.618. The van der Waals surface area contributed by atoms with Crippen molar-refractivity contribution in [2.75, 3.05) is 14.2 Å². The molecule has 1 unspecified atom stereocenters. The van der Waals surface area contributed by atoms with Gasteiger partial charge in [-0.05, 0) is 42.4 Å². The Kier molecular flexibility index (Phi) is 5.58. The van der Waals surface area contributed by atoms with E-state index in [-0.39, 0.29) is 11.0 Å². The van der Waals surface area contributed by atoms with Crippen LogP contribution in [0.5, 0.6) is 11.5 Å². The first-order valence-corrected chi connectivity index (χ1v) is 5.88. The third kappa shape index (κ3) is 3.70. The normalized spacial score (nSPS) is 11.5. The molecule has 0 saturated carbocycles. The number of carbonyl (C=O) groups excluding carboxylic acids is 1. The van der Waals surface area contributed by atoms with Crippen molar-refractivity contribution in [2.24, 2.45) is 5.92 Å². The summed E-state index contributed by atoms with van der Waals surface area (Å²) in [5, 5.41) is 0.273. The third-order valence-corrected chi connectivity index (χ3v) is 3.08. The number of rotatable bonds is 6. The zero-order chi connectivity index (χ0) is 13.5. The topological polar surface area (TPSA) is 44.8 Å². The van der Waals surface area contributed by atoms with Crippen LogP contribution in [0.4, 0.5) is 0 Å². The molecule has 0 aliphatic heterocycles. The van der Waals surface area contributed by atoms with Crippen LogP contribution >= 0.6 is 12.2 Å². The Morgan fingerprint density at radius 1 is 1.39 bits per heavy atom. The van der Waals surface area contributed by atoms with Crippen LogP contribution in [-0.2, 0) is 16.0 Å². The van der Waals surface area contributed by atoms with Crippen LogP contribution in [0.2, 0.25) is 0 Å². The summed E-state index contributed by atoms with van der Waals surface area (Å²) in [7, 11) is 3.21. The standard InChI is InChI=1S/C13H16O4S/c1-9(13(18)17-8-14)6-10-7-11(15-2)4-5-12(10)16-3/h4-5,7-9H,6H2,1-3H3. The van der Waals surface area contributed by atoms with E-state index in [1.54, 1.807) is 14.2 Å². The van der Waals surface area contributed by atoms with E-state index in [1.807, 2.05) is 25.1 Å². The van der Waals surface area contributed by atoms with E-state index in [9.17, 15) is 4.79 Å². The van der Waals surface area contributed by atoms with Gasteiger partial charge in [0.1, 0.15) is 11.5 Å². The lowest BCUT2D eigenvalue weighted by Gasteiger charge is -2.14. The molecule has 0 saturated heterocycles. The Morgan fingerprint density at radius 3 is 2.67 bits per heavy atom. The molecule has 1 aromatic rings. The summed E-state index contributed by atoms with van der Waals surface area (Å²) in [6.45, 7) is 2.24. The first-order chi connectivity index (χ1) is 8.62. The van der Waals surface area contributed by atoms with E-state index in [0.717, 1.165) is 17.1 Å². The fourth-order valence-corrected chi connectivity index (χ4v) is 1.74. The van der Waals surface area contributed by atoms with Crippen molar-refractivity contribution >= 4 is 23.7 Å². The maximum absolute atomic E-state index is 10.2. The van der Waals surface area contributed by atoms with Gasteiger partial charge >= 0.3 is 0 Å². The van der Waals surface area contributed by atoms with Gasteiger partial charge < -0.3 is 14.2 Å². The van der Waals surface area contributed by atoms with Crippen molar-refractivity contribution in [1.82, 2.24) is 0 Å². The lowest BCUT2D eigenvalue weighted by Crippen LogP contribution is -2.14. The molecule has 18 heavy (non-hydrogen) atoms. The molecular formula is C13H16O4S. The van der Waals surface area contributed by atoms with Crippen molar-refractivity contribution in [2.45, 2.75) is 13.3 Å². The minimum Gasteiger partial charge on any atom is -0.497 e. The van der Waals surface area contributed by atoms with Gasteiger partial charge in [0.2, 0.25) is 0 Å². The van der Waals surface area contributed by atoms with Crippen LogP contribution in [0.3, 0.4) is 0 Å². The predicted octanol–water partition coefficient (Wildman–Crippen LogP) is 2.38. The third-order valence-electron chi connectivity index (χ3n) is 2.58. The van der Waals surface area contributed by atoms with Crippen molar-refractivity contribution in [1.29, 1.82) is 0 Å². The number of hydrogen-bond donors (Lipinski definition) is 0. The van der Waals surface area contributed by atoms with E-state index in [1.165, 1.54) is 0 Å². The molecule has 0 radical (unpaired) electrons. The first-order valence-electron chi connectivity index (χ1n) is 5.47. The molecule has 0 aliphatic rings. The van der Waals surface area contributed by atoms with Gasteiger partial charge in [0, 0.05) is 5.92 Å². The Balaban J connectivity index is 2.87. The number of thiocarbonyl (C=S) groups is 1. The lowest BCUT2D eigenvalue weighted by molar-refractivity contribution is -0.121. The van der Waals surface area contributed by atoms with Crippen LogP contribution < -0.4 is 9.47 Å². The van der Waals surface area contributed by atoms with Gasteiger partial charge in [-0.3, -0.25) is 4.79 Å². The molecule has 0 aliphatic carbocycles. The van der Waals surface area contributed by atoms with Crippen molar-refractivity contribution in [3.8, 4) is 11.5 Å². The monoisotopic (exact) mass is 268 g/mol. The minimum atomic E-state index is -0.0637. The van der Waals surface area contributed by atoms with Crippen LogP contribution in [0.1, 0.15) is 12.5 Å². The second kappa shape index (κ2) is 6.96. The van der Waals surface area contributed by atoms with Gasteiger partial charge in [0.15, 0.2) is 5.05 Å². The molecule has 98 valence electrons. The second-order valence-corrected chi connectivity index (χ2v) is 4.22. The number of hydrogen-bond acceptors (Lipinski definition) is 5. The van der Waals surface area contributed by atoms with Crippen LogP contribution in [0.15, 0.2) is 18.2 Å². The molecule has 1 rings (SSSR count). The van der Waals surface area contributed by atoms with Gasteiger partial charge in [0.25, 0.3) is 6.47 Å². The summed E-state index contributed by atoms with van der Waals surface area (Å²) in [5.74, 6) is 1.45. The molecule has 4 nitrogen and oxygen atoms in total. The zero-order valence-electron chi connectivity index (χ0n) is 10.6. The van der Waals surface area contributed by atoms with Crippen molar-refractivity contribution < 1.29 is 19.0 Å². The van der Waals surface area contributed by atoms with Crippen LogP contribution in [-0.4, -0.2) is 25.7 Å². The highest BCUT2D eigenvalue weighted by atomic mass is 32.1. The molecule has 0 N–H and O–H groups in total. The van der Waals surface area contributed by atoms with Crippen molar-refractivity contribution in [3.05, 3.63) is 23.8 Å². The smallest absolute Gasteiger partial charge is 0.299 e. The fourth-order valence-electron chi connectivity index (χ4n) is 1.62. The highest BCUT2D eigenvalue weighted by Gasteiger charge is 2.14. The van der Waals surface area contributed by atoms with Crippen LogP contribution in [0.25, 0.3) is 0 Å². The van der Waals surface area contributed by atoms with Gasteiger partial charge in [0.05, 0.1) is 14.2 Å². The van der Waals surface area contributed by atoms with E-state index < -0.39 is 0 Å². The molecule has 1 aromatic carbocycles. The van der Waals surface area contributed by atoms with Gasteiger partial charge in [-0.1, -0.05) is 6.92 Å². The molecule has 0 heterocycles. The van der Waals surface area contributed by atoms with Crippen LogP contribution in [0, 0.1) is 5.92 Å². The first kappa shape index (κ1) is 14.4. The predicted molar refractivity (Wildman–Crippen MR) is 72.2 cm³/mol. The molecule has 1 atom stereocenters. The maximum Gasteiger partial charge on any atom is 0.299 e. The SMILES string of the molecule is COc1ccc(OC)c(CC(C)C(=S)OC=O)c1. The summed E-state index contributed by atoms with van der Waals surface area (Å²) in [5.41, 5.74) is 0.959. The molecule has 0 spiro atoms. The zero-order valence-corrected chi connectivity index (χ0v) is 11.5. The van der Waals surface area contributed by atoms with E-state index in [2.05, 4.69) is 4.74 Å². The number of methoxy groups -OCH3 is 2. The molecule has 0 aromatic heterocycles. The van der Waals surface area contributed by atoms with E-state index in [0.29, 0.717) is 12.9 Å². The highest BCUT2D eigenvalue weighted by Crippen LogP contribution is 2.26. The summed E-state index contributed by atoms with van der Waals surface area (Å²) < 4.78 is 15.1. The van der Waals surface area contributed by atoms with Crippen molar-refractivity contribution in [3.63, 3.8) is 0 Å². The van der Waals surface area contributed by atoms with Gasteiger partial charge in [-0.25, -0.2) is 0 Å². The van der Waals surface area contributed by atoms with Gasteiger partial charge in [-0.2, -0.15) is 0 Å². The average molecular weight is 268 g/mol. The number of ether oxygens (including phenoxy) is 3. The van der Waals surface area contributed by atoms with E-state index >= 15 is 0 Å². The molecular weight excluding hydrogens is 252 g/mol.